The number of methoxy groups -OCH3 is 1. The molecule has 1 aliphatic rings. The molecule has 0 spiro atoms. The number of benzene rings is 1. The Hall–Kier alpha value is -2.48. The van der Waals surface area contributed by atoms with Crippen LogP contribution in [0.25, 0.3) is 0 Å². The zero-order valence-corrected chi connectivity index (χ0v) is 18.3. The molecule has 0 amide bonds. The van der Waals surface area contributed by atoms with Gasteiger partial charge in [0.25, 0.3) is 0 Å². The van der Waals surface area contributed by atoms with Gasteiger partial charge in [-0.05, 0) is 38.8 Å². The van der Waals surface area contributed by atoms with Gasteiger partial charge in [0.1, 0.15) is 0 Å². The molecule has 1 aromatic carbocycles. The van der Waals surface area contributed by atoms with E-state index in [2.05, 4.69) is 27.8 Å². The fraction of sp³-hybridized carbons (Fsp3) is 0.524. The minimum atomic E-state index is 0.584. The second-order valence-corrected chi connectivity index (χ2v) is 7.59. The molecule has 8 heteroatoms. The van der Waals surface area contributed by atoms with Gasteiger partial charge >= 0.3 is 0 Å². The predicted molar refractivity (Wildman–Crippen MR) is 121 cm³/mol. The summed E-state index contributed by atoms with van der Waals surface area (Å²) in [5.41, 5.74) is 2.01. The molecule has 0 aliphatic carbocycles. The van der Waals surface area contributed by atoms with E-state index in [1.54, 1.807) is 18.4 Å². The maximum Gasteiger partial charge on any atom is 0.195 e. The van der Waals surface area contributed by atoms with E-state index in [1.807, 2.05) is 25.1 Å². The lowest BCUT2D eigenvalue weighted by Gasteiger charge is -2.14. The van der Waals surface area contributed by atoms with Crippen LogP contribution in [0.3, 0.4) is 0 Å². The standard InChI is InChI=1S/C21H31N5O2S/c1-4-22-20(24-16-8-9-18(27-3)19(14-16)28-5-2)23-11-10-17-15-29-21(25-17)26-12-6-7-13-26/h8-9,14-15H,4-7,10-13H2,1-3H3,(H2,22,23,24). The van der Waals surface area contributed by atoms with E-state index in [0.717, 1.165) is 54.3 Å². The molecule has 3 rings (SSSR count). The first-order chi connectivity index (χ1) is 14.2. The van der Waals surface area contributed by atoms with Gasteiger partial charge in [0, 0.05) is 49.7 Å². The zero-order valence-electron chi connectivity index (χ0n) is 17.5. The summed E-state index contributed by atoms with van der Waals surface area (Å²) in [4.78, 5) is 11.9. The van der Waals surface area contributed by atoms with E-state index < -0.39 is 0 Å². The van der Waals surface area contributed by atoms with Crippen LogP contribution in [0.2, 0.25) is 0 Å². The predicted octanol–water partition coefficient (Wildman–Crippen LogP) is 3.77. The van der Waals surface area contributed by atoms with Crippen molar-refractivity contribution in [1.82, 2.24) is 10.3 Å². The minimum absolute atomic E-state index is 0.584. The Morgan fingerprint density at radius 2 is 2.07 bits per heavy atom. The van der Waals surface area contributed by atoms with Gasteiger partial charge in [0.05, 0.1) is 19.4 Å². The quantitative estimate of drug-likeness (QED) is 0.478. The van der Waals surface area contributed by atoms with E-state index in [9.17, 15) is 0 Å². The van der Waals surface area contributed by atoms with E-state index in [-0.39, 0.29) is 0 Å². The molecular formula is C21H31N5O2S. The number of aromatic nitrogens is 1. The van der Waals surface area contributed by atoms with Gasteiger partial charge in [0.15, 0.2) is 22.6 Å². The number of rotatable bonds is 9. The molecule has 1 aliphatic heterocycles. The van der Waals surface area contributed by atoms with Crippen molar-refractivity contribution >= 4 is 28.1 Å². The van der Waals surface area contributed by atoms with Crippen molar-refractivity contribution in [1.29, 1.82) is 0 Å². The van der Waals surface area contributed by atoms with Gasteiger partial charge in [-0.2, -0.15) is 0 Å². The van der Waals surface area contributed by atoms with Crippen molar-refractivity contribution in [2.24, 2.45) is 4.99 Å². The first-order valence-corrected chi connectivity index (χ1v) is 11.2. The topological polar surface area (TPSA) is 71.0 Å². The first-order valence-electron chi connectivity index (χ1n) is 10.3. The highest BCUT2D eigenvalue weighted by Crippen LogP contribution is 2.30. The van der Waals surface area contributed by atoms with Gasteiger partial charge in [-0.1, -0.05) is 0 Å². The molecule has 7 nitrogen and oxygen atoms in total. The average Bonchev–Trinajstić information content (AvgIpc) is 3.40. The Morgan fingerprint density at radius 3 is 2.79 bits per heavy atom. The Morgan fingerprint density at radius 1 is 1.24 bits per heavy atom. The molecule has 2 aromatic rings. The number of guanidine groups is 1. The molecule has 29 heavy (non-hydrogen) atoms. The summed E-state index contributed by atoms with van der Waals surface area (Å²) >= 11 is 1.74. The highest BCUT2D eigenvalue weighted by molar-refractivity contribution is 7.13. The molecule has 158 valence electrons. The molecule has 0 atom stereocenters. The van der Waals surface area contributed by atoms with Gasteiger partial charge in [-0.3, -0.25) is 4.99 Å². The molecule has 1 fully saturated rings. The van der Waals surface area contributed by atoms with Crippen LogP contribution in [0.15, 0.2) is 28.6 Å². The normalized spacial score (nSPS) is 14.2. The Balaban J connectivity index is 1.60. The second-order valence-electron chi connectivity index (χ2n) is 6.75. The van der Waals surface area contributed by atoms with Crippen LogP contribution in [0.1, 0.15) is 32.4 Å². The summed E-state index contributed by atoms with van der Waals surface area (Å²) in [5.74, 6) is 2.18. The number of hydrogen-bond acceptors (Lipinski definition) is 6. The van der Waals surface area contributed by atoms with E-state index in [0.29, 0.717) is 18.9 Å². The van der Waals surface area contributed by atoms with E-state index >= 15 is 0 Å². The SMILES string of the molecule is CCNC(=NCCc1csc(N2CCCC2)n1)Nc1ccc(OC)c(OCC)c1. The first kappa shape index (κ1) is 21.2. The lowest BCUT2D eigenvalue weighted by molar-refractivity contribution is 0.311. The Bertz CT molecular complexity index is 802. The van der Waals surface area contributed by atoms with Crippen LogP contribution in [-0.4, -0.2) is 50.8 Å². The fourth-order valence-corrected chi connectivity index (χ4v) is 4.13. The number of thiazole rings is 1. The number of ether oxygens (including phenoxy) is 2. The third-order valence-electron chi connectivity index (χ3n) is 4.62. The lowest BCUT2D eigenvalue weighted by Crippen LogP contribution is -2.30. The molecular weight excluding hydrogens is 386 g/mol. The van der Waals surface area contributed by atoms with Crippen molar-refractivity contribution in [3.8, 4) is 11.5 Å². The van der Waals surface area contributed by atoms with Crippen LogP contribution in [0.4, 0.5) is 10.8 Å². The Labute approximate surface area is 177 Å². The van der Waals surface area contributed by atoms with Crippen molar-refractivity contribution in [2.45, 2.75) is 33.1 Å². The van der Waals surface area contributed by atoms with E-state index in [4.69, 9.17) is 19.5 Å². The maximum atomic E-state index is 5.66. The van der Waals surface area contributed by atoms with Crippen LogP contribution >= 0.6 is 11.3 Å². The van der Waals surface area contributed by atoms with Crippen LogP contribution in [0.5, 0.6) is 11.5 Å². The average molecular weight is 418 g/mol. The molecule has 1 aromatic heterocycles. The van der Waals surface area contributed by atoms with Crippen LogP contribution < -0.4 is 25.0 Å². The smallest absolute Gasteiger partial charge is 0.195 e. The van der Waals surface area contributed by atoms with Crippen LogP contribution in [0, 0.1) is 0 Å². The zero-order chi connectivity index (χ0) is 20.5. The molecule has 0 saturated carbocycles. The summed E-state index contributed by atoms with van der Waals surface area (Å²) in [7, 11) is 1.64. The van der Waals surface area contributed by atoms with Gasteiger partial charge in [0.2, 0.25) is 0 Å². The summed E-state index contributed by atoms with van der Waals surface area (Å²) in [6.07, 6.45) is 3.37. The number of hydrogen-bond donors (Lipinski definition) is 2. The number of nitrogens with zero attached hydrogens (tertiary/aromatic N) is 3. The molecule has 2 N–H and O–H groups in total. The molecule has 2 heterocycles. The summed E-state index contributed by atoms with van der Waals surface area (Å²) in [5, 5.41) is 9.93. The lowest BCUT2D eigenvalue weighted by atomic mass is 10.2. The third-order valence-corrected chi connectivity index (χ3v) is 5.57. The molecule has 0 unspecified atom stereocenters. The highest BCUT2D eigenvalue weighted by atomic mass is 32.1. The summed E-state index contributed by atoms with van der Waals surface area (Å²) < 4.78 is 11.0. The van der Waals surface area contributed by atoms with Crippen molar-refractivity contribution in [3.63, 3.8) is 0 Å². The molecule has 0 radical (unpaired) electrons. The van der Waals surface area contributed by atoms with Crippen molar-refractivity contribution in [2.75, 3.05) is 50.1 Å². The minimum Gasteiger partial charge on any atom is -0.493 e. The summed E-state index contributed by atoms with van der Waals surface area (Å²) in [6.45, 7) is 8.32. The Kier molecular flexibility index (Phi) is 7.98. The molecule has 0 bridgehead atoms. The monoisotopic (exact) mass is 417 g/mol. The van der Waals surface area contributed by atoms with E-state index in [1.165, 1.54) is 12.8 Å². The second kappa shape index (κ2) is 10.9. The maximum absolute atomic E-state index is 5.66. The van der Waals surface area contributed by atoms with Gasteiger partial charge in [-0.15, -0.1) is 11.3 Å². The van der Waals surface area contributed by atoms with Gasteiger partial charge < -0.3 is 25.0 Å². The van der Waals surface area contributed by atoms with Gasteiger partial charge in [-0.25, -0.2) is 4.98 Å². The largest absolute Gasteiger partial charge is 0.493 e. The fourth-order valence-electron chi connectivity index (χ4n) is 3.21. The number of anilines is 2. The number of nitrogens with one attached hydrogen (secondary N) is 2. The van der Waals surface area contributed by atoms with Crippen molar-refractivity contribution in [3.05, 3.63) is 29.3 Å². The van der Waals surface area contributed by atoms with Crippen molar-refractivity contribution < 1.29 is 9.47 Å². The summed E-state index contributed by atoms with van der Waals surface area (Å²) in [6, 6.07) is 5.78. The number of aliphatic imine (C=N–C) groups is 1. The van der Waals surface area contributed by atoms with Crippen LogP contribution in [-0.2, 0) is 6.42 Å². The highest BCUT2D eigenvalue weighted by Gasteiger charge is 2.15. The third kappa shape index (κ3) is 6.00. The molecule has 1 saturated heterocycles.